The number of aliphatic imine (C=N–C) groups is 1. The molecule has 0 heterocycles. The average Bonchev–Trinajstić information content (AvgIpc) is 2.43. The zero-order valence-corrected chi connectivity index (χ0v) is 13.5. The van der Waals surface area contributed by atoms with Gasteiger partial charge in [-0.15, -0.1) is 0 Å². The SMILES string of the molecule is CN=C(NCC(C)Oc1cccc(F)c1)NC(C)C(C)C. The fourth-order valence-corrected chi connectivity index (χ4v) is 1.63. The number of nitrogens with one attached hydrogen (secondary N) is 2. The maximum atomic E-state index is 13.1. The predicted octanol–water partition coefficient (Wildman–Crippen LogP) is 2.80. The van der Waals surface area contributed by atoms with Crippen LogP contribution in [0.15, 0.2) is 29.3 Å². The Morgan fingerprint density at radius 3 is 2.57 bits per heavy atom. The smallest absolute Gasteiger partial charge is 0.191 e. The molecule has 0 saturated heterocycles. The first-order valence-corrected chi connectivity index (χ1v) is 7.31. The second-order valence-corrected chi connectivity index (χ2v) is 5.52. The Balaban J connectivity index is 2.42. The molecule has 0 bridgehead atoms. The molecule has 0 aliphatic heterocycles. The van der Waals surface area contributed by atoms with Crippen molar-refractivity contribution in [1.29, 1.82) is 0 Å². The van der Waals surface area contributed by atoms with Crippen molar-refractivity contribution in [2.75, 3.05) is 13.6 Å². The van der Waals surface area contributed by atoms with Crippen molar-refractivity contribution in [3.8, 4) is 5.75 Å². The normalized spacial score (nSPS) is 14.7. The molecular weight excluding hydrogens is 269 g/mol. The molecule has 0 radical (unpaired) electrons. The predicted molar refractivity (Wildman–Crippen MR) is 85.3 cm³/mol. The first-order chi connectivity index (χ1) is 9.92. The topological polar surface area (TPSA) is 45.7 Å². The van der Waals surface area contributed by atoms with E-state index in [4.69, 9.17) is 4.74 Å². The molecule has 2 N–H and O–H groups in total. The summed E-state index contributed by atoms with van der Waals surface area (Å²) in [6.07, 6.45) is -0.0975. The lowest BCUT2D eigenvalue weighted by Crippen LogP contribution is -2.46. The Morgan fingerprint density at radius 1 is 1.29 bits per heavy atom. The van der Waals surface area contributed by atoms with Crippen molar-refractivity contribution in [3.05, 3.63) is 30.1 Å². The molecule has 2 unspecified atom stereocenters. The highest BCUT2D eigenvalue weighted by Crippen LogP contribution is 2.13. The van der Waals surface area contributed by atoms with Crippen molar-refractivity contribution >= 4 is 5.96 Å². The minimum Gasteiger partial charge on any atom is -0.489 e. The van der Waals surface area contributed by atoms with Crippen molar-refractivity contribution < 1.29 is 9.13 Å². The highest BCUT2D eigenvalue weighted by Gasteiger charge is 2.10. The van der Waals surface area contributed by atoms with Gasteiger partial charge in [-0.1, -0.05) is 19.9 Å². The van der Waals surface area contributed by atoms with E-state index in [2.05, 4.69) is 36.4 Å². The summed E-state index contributed by atoms with van der Waals surface area (Å²) < 4.78 is 18.7. The Bertz CT molecular complexity index is 463. The Morgan fingerprint density at radius 2 is 2.00 bits per heavy atom. The molecule has 0 amide bonds. The third-order valence-electron chi connectivity index (χ3n) is 3.28. The average molecular weight is 295 g/mol. The van der Waals surface area contributed by atoms with Crippen molar-refractivity contribution in [3.63, 3.8) is 0 Å². The molecule has 5 heteroatoms. The molecule has 4 nitrogen and oxygen atoms in total. The summed E-state index contributed by atoms with van der Waals surface area (Å²) in [5.74, 6) is 1.49. The van der Waals surface area contributed by atoms with Crippen LogP contribution in [0.2, 0.25) is 0 Å². The van der Waals surface area contributed by atoms with E-state index in [0.29, 0.717) is 24.3 Å². The van der Waals surface area contributed by atoms with E-state index in [1.165, 1.54) is 12.1 Å². The van der Waals surface area contributed by atoms with E-state index in [1.54, 1.807) is 19.2 Å². The first kappa shape index (κ1) is 17.3. The first-order valence-electron chi connectivity index (χ1n) is 7.31. The lowest BCUT2D eigenvalue weighted by atomic mass is 10.1. The molecule has 1 aromatic carbocycles. The molecule has 0 spiro atoms. The van der Waals surface area contributed by atoms with Gasteiger partial charge in [-0.3, -0.25) is 4.99 Å². The summed E-state index contributed by atoms with van der Waals surface area (Å²) in [6.45, 7) is 8.93. The lowest BCUT2D eigenvalue weighted by molar-refractivity contribution is 0.222. The highest BCUT2D eigenvalue weighted by molar-refractivity contribution is 5.79. The van der Waals surface area contributed by atoms with E-state index < -0.39 is 0 Å². The summed E-state index contributed by atoms with van der Waals surface area (Å²) in [7, 11) is 1.74. The summed E-state index contributed by atoms with van der Waals surface area (Å²) in [5, 5.41) is 6.53. The van der Waals surface area contributed by atoms with Crippen LogP contribution in [0.25, 0.3) is 0 Å². The van der Waals surface area contributed by atoms with Crippen LogP contribution in [0.1, 0.15) is 27.7 Å². The fourth-order valence-electron chi connectivity index (χ4n) is 1.63. The molecule has 1 rings (SSSR count). The largest absolute Gasteiger partial charge is 0.489 e. The van der Waals surface area contributed by atoms with E-state index in [-0.39, 0.29) is 11.9 Å². The maximum absolute atomic E-state index is 13.1. The number of rotatable bonds is 6. The van der Waals surface area contributed by atoms with E-state index in [0.717, 1.165) is 5.96 Å². The molecule has 0 aliphatic carbocycles. The van der Waals surface area contributed by atoms with Gasteiger partial charge in [0.1, 0.15) is 17.7 Å². The van der Waals surface area contributed by atoms with Gasteiger partial charge in [0.2, 0.25) is 0 Å². The van der Waals surface area contributed by atoms with E-state index >= 15 is 0 Å². The molecule has 0 aliphatic rings. The van der Waals surface area contributed by atoms with Gasteiger partial charge in [0.15, 0.2) is 5.96 Å². The van der Waals surface area contributed by atoms with Crippen molar-refractivity contribution in [2.45, 2.75) is 39.8 Å². The van der Waals surface area contributed by atoms with Crippen molar-refractivity contribution in [2.24, 2.45) is 10.9 Å². The molecule has 118 valence electrons. The second-order valence-electron chi connectivity index (χ2n) is 5.52. The van der Waals surface area contributed by atoms with Gasteiger partial charge in [-0.2, -0.15) is 0 Å². The third kappa shape index (κ3) is 6.47. The molecule has 1 aromatic rings. The van der Waals surface area contributed by atoms with Crippen LogP contribution < -0.4 is 15.4 Å². The number of hydrogen-bond acceptors (Lipinski definition) is 2. The van der Waals surface area contributed by atoms with Crippen molar-refractivity contribution in [1.82, 2.24) is 10.6 Å². The Labute approximate surface area is 126 Å². The van der Waals surface area contributed by atoms with Crippen LogP contribution in [-0.2, 0) is 0 Å². The molecule has 2 atom stereocenters. The number of benzene rings is 1. The van der Waals surface area contributed by atoms with Crippen LogP contribution in [0.5, 0.6) is 5.75 Å². The Hall–Kier alpha value is -1.78. The van der Waals surface area contributed by atoms with Gasteiger partial charge in [-0.25, -0.2) is 4.39 Å². The van der Waals surface area contributed by atoms with Gasteiger partial charge in [0.25, 0.3) is 0 Å². The minimum absolute atomic E-state index is 0.0975. The maximum Gasteiger partial charge on any atom is 0.191 e. The summed E-state index contributed by atoms with van der Waals surface area (Å²) in [4.78, 5) is 4.18. The standard InChI is InChI=1S/C16H26FN3O/c1-11(2)13(4)20-16(18-5)19-10-12(3)21-15-8-6-7-14(17)9-15/h6-9,11-13H,10H2,1-5H3,(H2,18,19,20). The van der Waals surface area contributed by atoms with Crippen LogP contribution in [0, 0.1) is 11.7 Å². The van der Waals surface area contributed by atoms with Gasteiger partial charge in [-0.05, 0) is 31.9 Å². The monoisotopic (exact) mass is 295 g/mol. The number of nitrogens with zero attached hydrogens (tertiary/aromatic N) is 1. The molecule has 0 aromatic heterocycles. The molecule has 0 fully saturated rings. The third-order valence-corrected chi connectivity index (χ3v) is 3.28. The Kier molecular flexibility index (Phi) is 6.99. The van der Waals surface area contributed by atoms with Crippen LogP contribution in [0.4, 0.5) is 4.39 Å². The van der Waals surface area contributed by atoms with E-state index in [1.807, 2.05) is 6.92 Å². The number of hydrogen-bond donors (Lipinski definition) is 2. The highest BCUT2D eigenvalue weighted by atomic mass is 19.1. The van der Waals surface area contributed by atoms with Gasteiger partial charge < -0.3 is 15.4 Å². The van der Waals surface area contributed by atoms with E-state index in [9.17, 15) is 4.39 Å². The summed E-state index contributed by atoms with van der Waals surface area (Å²) in [5.41, 5.74) is 0. The lowest BCUT2D eigenvalue weighted by Gasteiger charge is -2.22. The zero-order chi connectivity index (χ0) is 15.8. The van der Waals surface area contributed by atoms with Gasteiger partial charge >= 0.3 is 0 Å². The molecular formula is C16H26FN3O. The van der Waals surface area contributed by atoms with Crippen LogP contribution in [0.3, 0.4) is 0 Å². The second kappa shape index (κ2) is 8.49. The van der Waals surface area contributed by atoms with Gasteiger partial charge in [0.05, 0.1) is 6.54 Å². The molecule has 0 saturated carbocycles. The number of guanidine groups is 1. The minimum atomic E-state index is -0.295. The van der Waals surface area contributed by atoms with Gasteiger partial charge in [0, 0.05) is 19.2 Å². The summed E-state index contributed by atoms with van der Waals surface area (Å²) in [6, 6.07) is 6.48. The number of ether oxygens (including phenoxy) is 1. The zero-order valence-electron chi connectivity index (χ0n) is 13.5. The van der Waals surface area contributed by atoms with Crippen LogP contribution >= 0.6 is 0 Å². The fraction of sp³-hybridized carbons (Fsp3) is 0.562. The molecule has 21 heavy (non-hydrogen) atoms. The quantitative estimate of drug-likeness (QED) is 0.626. The number of halogens is 1. The van der Waals surface area contributed by atoms with Crippen LogP contribution in [-0.4, -0.2) is 31.7 Å². The summed E-state index contributed by atoms with van der Waals surface area (Å²) >= 11 is 0.